The Bertz CT molecular complexity index is 876. The van der Waals surface area contributed by atoms with Crippen LogP contribution in [-0.2, 0) is 10.0 Å². The van der Waals surface area contributed by atoms with Crippen molar-refractivity contribution in [1.82, 2.24) is 4.98 Å². The second-order valence-corrected chi connectivity index (χ2v) is 8.38. The maximum Gasteiger partial charge on any atom is 0.262 e. The normalized spacial score (nSPS) is 15.4. The number of nitrogens with zero attached hydrogens (tertiary/aromatic N) is 2. The van der Waals surface area contributed by atoms with Crippen LogP contribution < -0.4 is 19.1 Å². The highest BCUT2D eigenvalue weighted by Gasteiger charge is 2.19. The second kappa shape index (κ2) is 8.04. The number of aromatic nitrogens is 1. The first-order chi connectivity index (χ1) is 12.9. The van der Waals surface area contributed by atoms with Gasteiger partial charge in [-0.2, -0.15) is 0 Å². The van der Waals surface area contributed by atoms with Gasteiger partial charge in [0.1, 0.15) is 5.82 Å². The van der Waals surface area contributed by atoms with E-state index in [9.17, 15) is 8.42 Å². The van der Waals surface area contributed by atoms with E-state index in [0.29, 0.717) is 17.2 Å². The number of nitrogens with one attached hydrogen (secondary N) is 1. The molecule has 7 nitrogen and oxygen atoms in total. The van der Waals surface area contributed by atoms with Crippen molar-refractivity contribution in [1.29, 1.82) is 0 Å². The lowest BCUT2D eigenvalue weighted by molar-refractivity contribution is 0.354. The van der Waals surface area contributed by atoms with Crippen molar-refractivity contribution < 1.29 is 17.9 Å². The molecule has 0 radical (unpaired) electrons. The summed E-state index contributed by atoms with van der Waals surface area (Å²) >= 11 is 0. The van der Waals surface area contributed by atoms with E-state index in [-0.39, 0.29) is 4.90 Å². The van der Waals surface area contributed by atoms with E-state index in [0.717, 1.165) is 37.7 Å². The number of anilines is 2. The van der Waals surface area contributed by atoms with Gasteiger partial charge in [0, 0.05) is 19.2 Å². The van der Waals surface area contributed by atoms with Gasteiger partial charge in [-0.15, -0.1) is 0 Å². The number of piperidine rings is 1. The quantitative estimate of drug-likeness (QED) is 0.815. The summed E-state index contributed by atoms with van der Waals surface area (Å²) < 4.78 is 38.2. The molecule has 27 heavy (non-hydrogen) atoms. The Labute approximate surface area is 160 Å². The molecule has 146 valence electrons. The van der Waals surface area contributed by atoms with Crippen molar-refractivity contribution >= 4 is 21.5 Å². The molecule has 1 fully saturated rings. The van der Waals surface area contributed by atoms with Crippen molar-refractivity contribution in [2.45, 2.75) is 24.7 Å². The van der Waals surface area contributed by atoms with E-state index < -0.39 is 10.0 Å². The van der Waals surface area contributed by atoms with Crippen molar-refractivity contribution in [3.8, 4) is 11.5 Å². The molecule has 0 amide bonds. The molecule has 0 atom stereocenters. The third kappa shape index (κ3) is 4.44. The Balaban J connectivity index is 1.74. The van der Waals surface area contributed by atoms with Gasteiger partial charge in [0.05, 0.1) is 31.0 Å². The van der Waals surface area contributed by atoms with E-state index in [1.165, 1.54) is 26.4 Å². The highest BCUT2D eigenvalue weighted by molar-refractivity contribution is 7.92. The summed E-state index contributed by atoms with van der Waals surface area (Å²) in [5.74, 6) is 2.44. The van der Waals surface area contributed by atoms with Crippen LogP contribution in [0, 0.1) is 5.92 Å². The predicted octanol–water partition coefficient (Wildman–Crippen LogP) is 3.14. The lowest BCUT2D eigenvalue weighted by Crippen LogP contribution is -2.33. The average molecular weight is 391 g/mol. The molecule has 1 aliphatic rings. The molecule has 1 saturated heterocycles. The Kier molecular flexibility index (Phi) is 5.74. The monoisotopic (exact) mass is 391 g/mol. The van der Waals surface area contributed by atoms with Crippen LogP contribution in [0.1, 0.15) is 19.8 Å². The van der Waals surface area contributed by atoms with Crippen LogP contribution in [0.15, 0.2) is 41.4 Å². The molecule has 1 N–H and O–H groups in total. The zero-order chi connectivity index (χ0) is 19.4. The van der Waals surface area contributed by atoms with E-state index in [1.54, 1.807) is 18.3 Å². The number of benzene rings is 1. The highest BCUT2D eigenvalue weighted by atomic mass is 32.2. The van der Waals surface area contributed by atoms with Gasteiger partial charge in [-0.3, -0.25) is 4.72 Å². The molecule has 0 unspecified atom stereocenters. The van der Waals surface area contributed by atoms with E-state index >= 15 is 0 Å². The van der Waals surface area contributed by atoms with Crippen LogP contribution in [0.5, 0.6) is 11.5 Å². The zero-order valence-corrected chi connectivity index (χ0v) is 16.6. The largest absolute Gasteiger partial charge is 0.493 e. The van der Waals surface area contributed by atoms with Crippen LogP contribution in [0.3, 0.4) is 0 Å². The average Bonchev–Trinajstić information content (AvgIpc) is 2.68. The van der Waals surface area contributed by atoms with Crippen LogP contribution >= 0.6 is 0 Å². The first-order valence-electron chi connectivity index (χ1n) is 8.89. The van der Waals surface area contributed by atoms with Crippen molar-refractivity contribution in [3.05, 3.63) is 36.5 Å². The van der Waals surface area contributed by atoms with Gasteiger partial charge in [0.25, 0.3) is 10.0 Å². The molecule has 1 aromatic heterocycles. The molecule has 0 bridgehead atoms. The smallest absolute Gasteiger partial charge is 0.262 e. The van der Waals surface area contributed by atoms with Gasteiger partial charge in [-0.25, -0.2) is 13.4 Å². The minimum absolute atomic E-state index is 0.0919. The summed E-state index contributed by atoms with van der Waals surface area (Å²) in [6.07, 6.45) is 3.84. The molecule has 2 aromatic rings. The first kappa shape index (κ1) is 19.3. The maximum absolute atomic E-state index is 12.6. The van der Waals surface area contributed by atoms with Crippen LogP contribution in [-0.4, -0.2) is 40.7 Å². The summed E-state index contributed by atoms with van der Waals surface area (Å²) in [5.41, 5.74) is 0.416. The van der Waals surface area contributed by atoms with Crippen molar-refractivity contribution in [3.63, 3.8) is 0 Å². The third-order valence-electron chi connectivity index (χ3n) is 4.77. The summed E-state index contributed by atoms with van der Waals surface area (Å²) in [6.45, 7) is 4.21. The third-order valence-corrected chi connectivity index (χ3v) is 6.15. The van der Waals surface area contributed by atoms with Gasteiger partial charge >= 0.3 is 0 Å². The van der Waals surface area contributed by atoms with Crippen LogP contribution in [0.2, 0.25) is 0 Å². The van der Waals surface area contributed by atoms with Crippen LogP contribution in [0.25, 0.3) is 0 Å². The van der Waals surface area contributed by atoms with Gasteiger partial charge in [-0.05, 0) is 43.0 Å². The fourth-order valence-electron chi connectivity index (χ4n) is 3.07. The number of hydrogen-bond donors (Lipinski definition) is 1. The molecule has 3 rings (SSSR count). The standard InChI is InChI=1S/C19H25N3O4S/c1-14-8-10-22(11-9-14)19-7-4-15(13-20-19)21-27(23,24)16-5-6-17(25-2)18(12-16)26-3/h4-7,12-14,21H,8-11H2,1-3H3. The summed E-state index contributed by atoms with van der Waals surface area (Å²) in [7, 11) is -0.791. The Morgan fingerprint density at radius 3 is 2.37 bits per heavy atom. The molecule has 1 aliphatic heterocycles. The summed E-state index contributed by atoms with van der Waals surface area (Å²) in [4.78, 5) is 6.74. The fraction of sp³-hybridized carbons (Fsp3) is 0.421. The minimum Gasteiger partial charge on any atom is -0.493 e. The number of methoxy groups -OCH3 is 2. The van der Waals surface area contributed by atoms with Gasteiger partial charge in [-0.1, -0.05) is 6.92 Å². The lowest BCUT2D eigenvalue weighted by atomic mass is 9.99. The molecule has 0 spiro atoms. The Morgan fingerprint density at radius 1 is 1.07 bits per heavy atom. The summed E-state index contributed by atoms with van der Waals surface area (Å²) in [5, 5.41) is 0. The molecule has 1 aromatic carbocycles. The topological polar surface area (TPSA) is 80.8 Å². The second-order valence-electron chi connectivity index (χ2n) is 6.70. The molecule has 8 heteroatoms. The number of hydrogen-bond acceptors (Lipinski definition) is 6. The van der Waals surface area contributed by atoms with Gasteiger partial charge in [0.15, 0.2) is 11.5 Å². The van der Waals surface area contributed by atoms with Crippen molar-refractivity contribution in [2.24, 2.45) is 5.92 Å². The maximum atomic E-state index is 12.6. The highest BCUT2D eigenvalue weighted by Crippen LogP contribution is 2.30. The fourth-order valence-corrected chi connectivity index (χ4v) is 4.13. The summed E-state index contributed by atoms with van der Waals surface area (Å²) in [6, 6.07) is 8.05. The predicted molar refractivity (Wildman–Crippen MR) is 105 cm³/mol. The number of rotatable bonds is 6. The Morgan fingerprint density at radius 2 is 1.78 bits per heavy atom. The van der Waals surface area contributed by atoms with Crippen molar-refractivity contribution in [2.75, 3.05) is 36.9 Å². The van der Waals surface area contributed by atoms with Gasteiger partial charge in [0.2, 0.25) is 0 Å². The first-order valence-corrected chi connectivity index (χ1v) is 10.4. The van der Waals surface area contributed by atoms with E-state index in [2.05, 4.69) is 21.5 Å². The van der Waals surface area contributed by atoms with Crippen LogP contribution in [0.4, 0.5) is 11.5 Å². The van der Waals surface area contributed by atoms with E-state index in [1.807, 2.05) is 6.07 Å². The van der Waals surface area contributed by atoms with Gasteiger partial charge < -0.3 is 14.4 Å². The Hall–Kier alpha value is -2.48. The molecule has 0 saturated carbocycles. The number of sulfonamides is 1. The number of pyridine rings is 1. The molecule has 0 aliphatic carbocycles. The van der Waals surface area contributed by atoms with E-state index in [4.69, 9.17) is 9.47 Å². The SMILES string of the molecule is COc1ccc(S(=O)(=O)Nc2ccc(N3CCC(C)CC3)nc2)cc1OC. The minimum atomic E-state index is -3.76. The number of ether oxygens (including phenoxy) is 2. The molecule has 2 heterocycles. The molecular formula is C19H25N3O4S. The molecular weight excluding hydrogens is 366 g/mol. The zero-order valence-electron chi connectivity index (χ0n) is 15.8. The lowest BCUT2D eigenvalue weighted by Gasteiger charge is -2.31.